The van der Waals surface area contributed by atoms with Crippen LogP contribution < -0.4 is 10.6 Å². The molecular formula is C20H31N5. The SMILES string of the molecule is CCCCCCNC(=NCc1cccc(Cn2ccnc2)c1)NCC. The number of hydrogen-bond acceptors (Lipinski definition) is 2. The van der Waals surface area contributed by atoms with E-state index in [0.29, 0.717) is 6.54 Å². The molecule has 0 radical (unpaired) electrons. The Morgan fingerprint density at radius 2 is 2.00 bits per heavy atom. The molecule has 2 N–H and O–H groups in total. The number of aromatic nitrogens is 2. The summed E-state index contributed by atoms with van der Waals surface area (Å²) in [7, 11) is 0. The first kappa shape index (κ1) is 19.0. The van der Waals surface area contributed by atoms with Crippen molar-refractivity contribution in [3.05, 3.63) is 54.1 Å². The molecule has 0 unspecified atom stereocenters. The quantitative estimate of drug-likeness (QED) is 0.395. The van der Waals surface area contributed by atoms with Gasteiger partial charge in [-0.3, -0.25) is 0 Å². The molecule has 1 aromatic heterocycles. The lowest BCUT2D eigenvalue weighted by Crippen LogP contribution is -2.37. The van der Waals surface area contributed by atoms with Gasteiger partial charge in [-0.2, -0.15) is 0 Å². The molecular weight excluding hydrogens is 310 g/mol. The molecule has 136 valence electrons. The predicted molar refractivity (Wildman–Crippen MR) is 105 cm³/mol. The minimum Gasteiger partial charge on any atom is -0.357 e. The van der Waals surface area contributed by atoms with Crippen LogP contribution in [0.1, 0.15) is 50.7 Å². The number of nitrogens with one attached hydrogen (secondary N) is 2. The summed E-state index contributed by atoms with van der Waals surface area (Å²) in [6.07, 6.45) is 10.7. The highest BCUT2D eigenvalue weighted by Crippen LogP contribution is 2.08. The summed E-state index contributed by atoms with van der Waals surface area (Å²) in [4.78, 5) is 8.81. The van der Waals surface area contributed by atoms with E-state index in [1.165, 1.54) is 36.8 Å². The van der Waals surface area contributed by atoms with E-state index in [-0.39, 0.29) is 0 Å². The van der Waals surface area contributed by atoms with Gasteiger partial charge in [0.05, 0.1) is 12.9 Å². The predicted octanol–water partition coefficient (Wildman–Crippen LogP) is 3.57. The van der Waals surface area contributed by atoms with E-state index in [2.05, 4.69) is 58.3 Å². The van der Waals surface area contributed by atoms with Gasteiger partial charge >= 0.3 is 0 Å². The van der Waals surface area contributed by atoms with E-state index >= 15 is 0 Å². The number of imidazole rings is 1. The second-order valence-corrected chi connectivity index (χ2v) is 6.24. The van der Waals surface area contributed by atoms with E-state index in [1.807, 2.05) is 18.7 Å². The third-order valence-corrected chi connectivity index (χ3v) is 4.00. The molecule has 0 aliphatic rings. The molecule has 0 aliphatic heterocycles. The lowest BCUT2D eigenvalue weighted by Gasteiger charge is -2.11. The molecule has 0 saturated carbocycles. The Labute approximate surface area is 151 Å². The second kappa shape index (κ2) is 11.3. The topological polar surface area (TPSA) is 54.2 Å². The molecule has 1 heterocycles. The highest BCUT2D eigenvalue weighted by Gasteiger charge is 2.00. The largest absolute Gasteiger partial charge is 0.357 e. The standard InChI is InChI=1S/C20H31N5/c1-3-5-6-7-11-23-20(22-4-2)24-15-18-9-8-10-19(14-18)16-25-13-12-21-17-25/h8-10,12-14,17H,3-7,11,15-16H2,1-2H3,(H2,22,23,24). The maximum atomic E-state index is 4.71. The fourth-order valence-electron chi connectivity index (χ4n) is 2.69. The smallest absolute Gasteiger partial charge is 0.191 e. The summed E-state index contributed by atoms with van der Waals surface area (Å²) in [5, 5.41) is 6.75. The van der Waals surface area contributed by atoms with Gasteiger partial charge in [0.2, 0.25) is 0 Å². The van der Waals surface area contributed by atoms with Crippen LogP contribution in [0.4, 0.5) is 0 Å². The van der Waals surface area contributed by atoms with Crippen molar-refractivity contribution in [2.45, 2.75) is 52.6 Å². The van der Waals surface area contributed by atoms with Crippen molar-refractivity contribution < 1.29 is 0 Å². The molecule has 0 fully saturated rings. The Kier molecular flexibility index (Phi) is 8.59. The lowest BCUT2D eigenvalue weighted by atomic mass is 10.1. The van der Waals surface area contributed by atoms with Gasteiger partial charge in [0.15, 0.2) is 5.96 Å². The molecule has 1 aromatic carbocycles. The normalized spacial score (nSPS) is 11.5. The first-order valence-corrected chi connectivity index (χ1v) is 9.37. The molecule has 0 bridgehead atoms. The molecule has 5 nitrogen and oxygen atoms in total. The fraction of sp³-hybridized carbons (Fsp3) is 0.500. The average molecular weight is 342 g/mol. The molecule has 2 rings (SSSR count). The Morgan fingerprint density at radius 1 is 1.12 bits per heavy atom. The van der Waals surface area contributed by atoms with Crippen LogP contribution >= 0.6 is 0 Å². The van der Waals surface area contributed by atoms with Crippen LogP contribution in [-0.4, -0.2) is 28.6 Å². The Bertz CT molecular complexity index is 619. The maximum absolute atomic E-state index is 4.71. The van der Waals surface area contributed by atoms with Gasteiger partial charge in [0.1, 0.15) is 0 Å². The van der Waals surface area contributed by atoms with Gasteiger partial charge in [-0.05, 0) is 24.5 Å². The number of nitrogens with zero attached hydrogens (tertiary/aromatic N) is 3. The lowest BCUT2D eigenvalue weighted by molar-refractivity contribution is 0.647. The van der Waals surface area contributed by atoms with Gasteiger partial charge in [0.25, 0.3) is 0 Å². The molecule has 5 heteroatoms. The zero-order valence-corrected chi connectivity index (χ0v) is 15.5. The van der Waals surface area contributed by atoms with Crippen molar-refractivity contribution in [2.75, 3.05) is 13.1 Å². The van der Waals surface area contributed by atoms with E-state index in [0.717, 1.165) is 25.6 Å². The first-order valence-electron chi connectivity index (χ1n) is 9.37. The molecule has 0 amide bonds. The van der Waals surface area contributed by atoms with Crippen LogP contribution in [-0.2, 0) is 13.1 Å². The highest BCUT2D eigenvalue weighted by molar-refractivity contribution is 5.79. The number of aliphatic imine (C=N–C) groups is 1. The monoisotopic (exact) mass is 341 g/mol. The van der Waals surface area contributed by atoms with Crippen LogP contribution in [0.5, 0.6) is 0 Å². The van der Waals surface area contributed by atoms with Gasteiger partial charge in [0, 0.05) is 32.0 Å². The zero-order chi connectivity index (χ0) is 17.7. The Hall–Kier alpha value is -2.30. The van der Waals surface area contributed by atoms with Crippen molar-refractivity contribution in [1.82, 2.24) is 20.2 Å². The van der Waals surface area contributed by atoms with E-state index in [4.69, 9.17) is 4.99 Å². The van der Waals surface area contributed by atoms with Crippen molar-refractivity contribution in [1.29, 1.82) is 0 Å². The van der Waals surface area contributed by atoms with Gasteiger partial charge in [-0.1, -0.05) is 50.5 Å². The summed E-state index contributed by atoms with van der Waals surface area (Å²) in [6.45, 7) is 7.71. The van der Waals surface area contributed by atoms with Crippen LogP contribution in [0.2, 0.25) is 0 Å². The van der Waals surface area contributed by atoms with E-state index < -0.39 is 0 Å². The summed E-state index contributed by atoms with van der Waals surface area (Å²) in [5.74, 6) is 0.902. The first-order chi connectivity index (χ1) is 12.3. The van der Waals surface area contributed by atoms with E-state index in [9.17, 15) is 0 Å². The number of benzene rings is 1. The maximum Gasteiger partial charge on any atom is 0.191 e. The fourth-order valence-corrected chi connectivity index (χ4v) is 2.69. The van der Waals surface area contributed by atoms with Crippen molar-refractivity contribution >= 4 is 5.96 Å². The van der Waals surface area contributed by atoms with Crippen LogP contribution in [0.25, 0.3) is 0 Å². The van der Waals surface area contributed by atoms with E-state index in [1.54, 1.807) is 0 Å². The van der Waals surface area contributed by atoms with Gasteiger partial charge < -0.3 is 15.2 Å². The Balaban J connectivity index is 1.87. The second-order valence-electron chi connectivity index (χ2n) is 6.24. The van der Waals surface area contributed by atoms with Crippen LogP contribution in [0.15, 0.2) is 48.0 Å². The van der Waals surface area contributed by atoms with Crippen molar-refractivity contribution in [3.8, 4) is 0 Å². The third-order valence-electron chi connectivity index (χ3n) is 4.00. The molecule has 0 atom stereocenters. The number of unbranched alkanes of at least 4 members (excludes halogenated alkanes) is 3. The number of rotatable bonds is 10. The molecule has 0 aliphatic carbocycles. The van der Waals surface area contributed by atoms with Gasteiger partial charge in [-0.25, -0.2) is 9.98 Å². The molecule has 0 spiro atoms. The van der Waals surface area contributed by atoms with Crippen LogP contribution in [0.3, 0.4) is 0 Å². The van der Waals surface area contributed by atoms with Crippen molar-refractivity contribution in [3.63, 3.8) is 0 Å². The third kappa shape index (κ3) is 7.42. The summed E-state index contributed by atoms with van der Waals surface area (Å²) in [6, 6.07) is 8.59. The number of hydrogen-bond donors (Lipinski definition) is 2. The molecule has 0 saturated heterocycles. The highest BCUT2D eigenvalue weighted by atomic mass is 15.2. The molecule has 25 heavy (non-hydrogen) atoms. The van der Waals surface area contributed by atoms with Crippen LogP contribution in [0, 0.1) is 0 Å². The Morgan fingerprint density at radius 3 is 2.76 bits per heavy atom. The molecule has 2 aromatic rings. The minimum atomic E-state index is 0.683. The minimum absolute atomic E-state index is 0.683. The van der Waals surface area contributed by atoms with Crippen molar-refractivity contribution in [2.24, 2.45) is 4.99 Å². The zero-order valence-electron chi connectivity index (χ0n) is 15.5. The number of guanidine groups is 1. The summed E-state index contributed by atoms with van der Waals surface area (Å²) < 4.78 is 2.07. The van der Waals surface area contributed by atoms with Gasteiger partial charge in [-0.15, -0.1) is 0 Å². The average Bonchev–Trinajstić information content (AvgIpc) is 3.13. The summed E-state index contributed by atoms with van der Waals surface area (Å²) in [5.41, 5.74) is 2.49. The summed E-state index contributed by atoms with van der Waals surface area (Å²) >= 11 is 0.